The molecule has 2 atom stereocenters. The van der Waals surface area contributed by atoms with Gasteiger partial charge >= 0.3 is 0 Å². The average Bonchev–Trinajstić information content (AvgIpc) is 2.79. The Morgan fingerprint density at radius 1 is 1.47 bits per heavy atom. The minimum atomic E-state index is 0.617. The molecule has 1 aromatic heterocycles. The number of piperidine rings is 1. The Morgan fingerprint density at radius 2 is 2.35 bits per heavy atom. The zero-order valence-corrected chi connectivity index (χ0v) is 10.9. The van der Waals surface area contributed by atoms with Crippen molar-refractivity contribution in [3.63, 3.8) is 0 Å². The summed E-state index contributed by atoms with van der Waals surface area (Å²) in [5.41, 5.74) is 2.29. The molecule has 92 valence electrons. The van der Waals surface area contributed by atoms with Crippen LogP contribution >= 0.6 is 11.6 Å². The molecule has 17 heavy (non-hydrogen) atoms. The first-order chi connectivity index (χ1) is 8.24. The van der Waals surface area contributed by atoms with Crippen molar-refractivity contribution in [3.05, 3.63) is 23.0 Å². The summed E-state index contributed by atoms with van der Waals surface area (Å²) in [6.07, 6.45) is 4.45. The summed E-state index contributed by atoms with van der Waals surface area (Å²) in [6, 6.07) is 2.89. The summed E-state index contributed by atoms with van der Waals surface area (Å²) in [6.45, 7) is 5.47. The first-order valence-electron chi connectivity index (χ1n) is 6.34. The van der Waals surface area contributed by atoms with Gasteiger partial charge in [0.2, 0.25) is 0 Å². The largest absolute Gasteiger partial charge is 0.370 e. The van der Waals surface area contributed by atoms with Gasteiger partial charge in [0.05, 0.1) is 11.9 Å². The SMILES string of the molecule is Cc1cc(N2CC[C@@H]3NCC[C@@H]3C2)cnc1Cl. The second kappa shape index (κ2) is 4.46. The Bertz CT molecular complexity index is 421. The molecular weight excluding hydrogens is 234 g/mol. The van der Waals surface area contributed by atoms with E-state index in [-0.39, 0.29) is 0 Å². The lowest BCUT2D eigenvalue weighted by molar-refractivity contribution is 0.376. The molecular formula is C13H18ClN3. The van der Waals surface area contributed by atoms with Crippen LogP contribution in [0.1, 0.15) is 18.4 Å². The molecule has 0 saturated carbocycles. The number of aromatic nitrogens is 1. The van der Waals surface area contributed by atoms with Crippen LogP contribution in [0, 0.1) is 12.8 Å². The fraction of sp³-hybridized carbons (Fsp3) is 0.615. The fourth-order valence-electron chi connectivity index (χ4n) is 3.00. The van der Waals surface area contributed by atoms with Crippen LogP contribution in [-0.2, 0) is 0 Å². The highest BCUT2D eigenvalue weighted by Crippen LogP contribution is 2.29. The normalized spacial score (nSPS) is 28.2. The van der Waals surface area contributed by atoms with Crippen LogP contribution < -0.4 is 10.2 Å². The Morgan fingerprint density at radius 3 is 3.18 bits per heavy atom. The summed E-state index contributed by atoms with van der Waals surface area (Å²) in [4.78, 5) is 6.70. The highest BCUT2D eigenvalue weighted by atomic mass is 35.5. The van der Waals surface area contributed by atoms with Crippen LogP contribution in [0.4, 0.5) is 5.69 Å². The van der Waals surface area contributed by atoms with Gasteiger partial charge in [-0.2, -0.15) is 0 Å². The van der Waals surface area contributed by atoms with E-state index in [9.17, 15) is 0 Å². The van der Waals surface area contributed by atoms with Gasteiger partial charge < -0.3 is 10.2 Å². The first kappa shape index (κ1) is 11.3. The van der Waals surface area contributed by atoms with E-state index < -0.39 is 0 Å². The zero-order valence-electron chi connectivity index (χ0n) is 10.1. The quantitative estimate of drug-likeness (QED) is 0.776. The van der Waals surface area contributed by atoms with E-state index in [1.165, 1.54) is 25.1 Å². The van der Waals surface area contributed by atoms with Crippen LogP contribution in [0.3, 0.4) is 0 Å². The lowest BCUT2D eigenvalue weighted by atomic mass is 9.93. The number of halogens is 1. The number of hydrogen-bond donors (Lipinski definition) is 1. The number of aryl methyl sites for hydroxylation is 1. The van der Waals surface area contributed by atoms with Gasteiger partial charge in [0.15, 0.2) is 0 Å². The van der Waals surface area contributed by atoms with Crippen molar-refractivity contribution in [3.8, 4) is 0 Å². The van der Waals surface area contributed by atoms with Crippen molar-refractivity contribution in [2.45, 2.75) is 25.8 Å². The molecule has 1 aromatic rings. The monoisotopic (exact) mass is 251 g/mol. The number of anilines is 1. The summed E-state index contributed by atoms with van der Waals surface area (Å²) >= 11 is 5.97. The molecule has 2 aliphatic heterocycles. The molecule has 0 bridgehead atoms. The summed E-state index contributed by atoms with van der Waals surface area (Å²) in [7, 11) is 0. The lowest BCUT2D eigenvalue weighted by Crippen LogP contribution is -2.44. The third kappa shape index (κ3) is 2.14. The van der Waals surface area contributed by atoms with Gasteiger partial charge in [0.25, 0.3) is 0 Å². The maximum atomic E-state index is 5.97. The molecule has 0 unspecified atom stereocenters. The molecule has 3 nitrogen and oxygen atoms in total. The molecule has 2 aliphatic rings. The molecule has 3 rings (SSSR count). The molecule has 3 heterocycles. The molecule has 0 aliphatic carbocycles. The predicted octanol–water partition coefficient (Wildman–Crippen LogP) is 2.23. The summed E-state index contributed by atoms with van der Waals surface area (Å²) in [5, 5.41) is 4.20. The van der Waals surface area contributed by atoms with Gasteiger partial charge in [-0.05, 0) is 43.9 Å². The number of hydrogen-bond acceptors (Lipinski definition) is 3. The molecule has 2 saturated heterocycles. The van der Waals surface area contributed by atoms with Crippen molar-refractivity contribution in [1.29, 1.82) is 0 Å². The second-order valence-electron chi connectivity index (χ2n) is 5.15. The third-order valence-electron chi connectivity index (χ3n) is 4.02. The summed E-state index contributed by atoms with van der Waals surface area (Å²) in [5.74, 6) is 0.805. The van der Waals surface area contributed by atoms with Crippen LogP contribution in [0.25, 0.3) is 0 Å². The van der Waals surface area contributed by atoms with Gasteiger partial charge in [-0.1, -0.05) is 11.6 Å². The van der Waals surface area contributed by atoms with Crippen LogP contribution in [-0.4, -0.2) is 30.7 Å². The Kier molecular flexibility index (Phi) is 2.97. The minimum absolute atomic E-state index is 0.617. The Labute approximate surface area is 107 Å². The molecule has 0 amide bonds. The van der Waals surface area contributed by atoms with E-state index in [1.807, 2.05) is 13.1 Å². The predicted molar refractivity (Wildman–Crippen MR) is 70.7 cm³/mol. The minimum Gasteiger partial charge on any atom is -0.370 e. The van der Waals surface area contributed by atoms with Crippen molar-refractivity contribution in [2.24, 2.45) is 5.92 Å². The molecule has 0 radical (unpaired) electrons. The van der Waals surface area contributed by atoms with Crippen LogP contribution in [0.15, 0.2) is 12.3 Å². The van der Waals surface area contributed by atoms with Crippen molar-refractivity contribution in [2.75, 3.05) is 24.5 Å². The molecule has 0 aromatic carbocycles. The maximum Gasteiger partial charge on any atom is 0.132 e. The smallest absolute Gasteiger partial charge is 0.132 e. The number of fused-ring (bicyclic) bond motifs is 1. The van der Waals surface area contributed by atoms with Gasteiger partial charge in [-0.3, -0.25) is 0 Å². The Hall–Kier alpha value is -0.800. The van der Waals surface area contributed by atoms with Crippen molar-refractivity contribution < 1.29 is 0 Å². The Balaban J connectivity index is 1.78. The second-order valence-corrected chi connectivity index (χ2v) is 5.50. The highest BCUT2D eigenvalue weighted by Gasteiger charge is 2.32. The first-order valence-corrected chi connectivity index (χ1v) is 6.72. The standard InChI is InChI=1S/C13H18ClN3/c1-9-6-11(7-16-13(9)14)17-5-3-12-10(8-17)2-4-15-12/h6-7,10,12,15H,2-5,8H2,1H3/t10-,12+/m1/s1. The topological polar surface area (TPSA) is 28.2 Å². The van der Waals surface area contributed by atoms with Gasteiger partial charge in [-0.25, -0.2) is 4.98 Å². The van der Waals surface area contributed by atoms with Gasteiger partial charge in [0, 0.05) is 19.1 Å². The average molecular weight is 252 g/mol. The molecule has 2 fully saturated rings. The van der Waals surface area contributed by atoms with E-state index in [0.29, 0.717) is 5.15 Å². The number of pyridine rings is 1. The van der Waals surface area contributed by atoms with Crippen LogP contribution in [0.5, 0.6) is 0 Å². The highest BCUT2D eigenvalue weighted by molar-refractivity contribution is 6.30. The van der Waals surface area contributed by atoms with E-state index in [2.05, 4.69) is 21.3 Å². The number of nitrogens with zero attached hydrogens (tertiary/aromatic N) is 2. The summed E-state index contributed by atoms with van der Waals surface area (Å²) < 4.78 is 0. The molecule has 1 N–H and O–H groups in total. The molecule has 0 spiro atoms. The van der Waals surface area contributed by atoms with Crippen LogP contribution in [0.2, 0.25) is 5.15 Å². The van der Waals surface area contributed by atoms with Crippen molar-refractivity contribution in [1.82, 2.24) is 10.3 Å². The van der Waals surface area contributed by atoms with Gasteiger partial charge in [-0.15, -0.1) is 0 Å². The van der Waals surface area contributed by atoms with Crippen molar-refractivity contribution >= 4 is 17.3 Å². The van der Waals surface area contributed by atoms with E-state index >= 15 is 0 Å². The zero-order chi connectivity index (χ0) is 11.8. The number of rotatable bonds is 1. The third-order valence-corrected chi connectivity index (χ3v) is 4.42. The van der Waals surface area contributed by atoms with Gasteiger partial charge in [0.1, 0.15) is 5.15 Å². The lowest BCUT2D eigenvalue weighted by Gasteiger charge is -2.36. The maximum absolute atomic E-state index is 5.97. The van der Waals surface area contributed by atoms with E-state index in [0.717, 1.165) is 30.6 Å². The number of nitrogens with one attached hydrogen (secondary N) is 1. The fourth-order valence-corrected chi connectivity index (χ4v) is 3.10. The molecule has 4 heteroatoms. The van der Waals surface area contributed by atoms with E-state index in [4.69, 9.17) is 11.6 Å². The van der Waals surface area contributed by atoms with E-state index in [1.54, 1.807) is 0 Å².